The molecule has 19 heavy (non-hydrogen) atoms. The standard InChI is InChI=1S/C17H30O2/c1-17(2)12-19-16(17)11-18-9-8-13-6-7-14-4-3-5-15(14)10-13/h13-16H,3-12H2,1-2H3/t13?,14-,15?,16?/m1/s1. The minimum Gasteiger partial charge on any atom is -0.379 e. The molecule has 1 heterocycles. The topological polar surface area (TPSA) is 18.5 Å². The van der Waals surface area contributed by atoms with Gasteiger partial charge >= 0.3 is 0 Å². The summed E-state index contributed by atoms with van der Waals surface area (Å²) in [6.45, 7) is 7.17. The highest BCUT2D eigenvalue weighted by Crippen LogP contribution is 2.45. The van der Waals surface area contributed by atoms with Gasteiger partial charge in [-0.3, -0.25) is 0 Å². The molecular formula is C17H30O2. The summed E-state index contributed by atoms with van der Waals surface area (Å²) in [5, 5.41) is 0. The second-order valence-corrected chi connectivity index (χ2v) is 7.78. The van der Waals surface area contributed by atoms with Gasteiger partial charge in [-0.25, -0.2) is 0 Å². The zero-order valence-corrected chi connectivity index (χ0v) is 12.7. The first-order chi connectivity index (χ1) is 9.15. The van der Waals surface area contributed by atoms with Crippen LogP contribution in [0.1, 0.15) is 58.8 Å². The molecule has 4 atom stereocenters. The van der Waals surface area contributed by atoms with Crippen molar-refractivity contribution in [1.82, 2.24) is 0 Å². The number of rotatable bonds is 5. The lowest BCUT2D eigenvalue weighted by Gasteiger charge is -2.44. The summed E-state index contributed by atoms with van der Waals surface area (Å²) in [6, 6.07) is 0. The highest BCUT2D eigenvalue weighted by molar-refractivity contribution is 4.87. The first-order valence-electron chi connectivity index (χ1n) is 8.34. The molecule has 0 N–H and O–H groups in total. The minimum atomic E-state index is 0.332. The summed E-state index contributed by atoms with van der Waals surface area (Å²) in [7, 11) is 0. The molecule has 1 aliphatic heterocycles. The van der Waals surface area contributed by atoms with E-state index in [1.54, 1.807) is 0 Å². The van der Waals surface area contributed by atoms with E-state index in [1.165, 1.54) is 44.9 Å². The van der Waals surface area contributed by atoms with Crippen LogP contribution in [0, 0.1) is 23.2 Å². The Hall–Kier alpha value is -0.0800. The summed E-state index contributed by atoms with van der Waals surface area (Å²) in [5.74, 6) is 3.09. The van der Waals surface area contributed by atoms with E-state index in [-0.39, 0.29) is 0 Å². The summed E-state index contributed by atoms with van der Waals surface area (Å²) in [6.07, 6.45) is 10.6. The fourth-order valence-corrected chi connectivity index (χ4v) is 4.31. The fraction of sp³-hybridized carbons (Fsp3) is 1.00. The average molecular weight is 266 g/mol. The average Bonchev–Trinajstić information content (AvgIpc) is 2.84. The molecule has 0 spiro atoms. The van der Waals surface area contributed by atoms with E-state index >= 15 is 0 Å². The lowest BCUT2D eigenvalue weighted by atomic mass is 9.75. The van der Waals surface area contributed by atoms with Crippen molar-refractivity contribution in [2.24, 2.45) is 23.2 Å². The molecule has 0 amide bonds. The van der Waals surface area contributed by atoms with Gasteiger partial charge in [-0.05, 0) is 37.0 Å². The van der Waals surface area contributed by atoms with Crippen molar-refractivity contribution in [3.63, 3.8) is 0 Å². The van der Waals surface area contributed by atoms with Gasteiger partial charge in [-0.2, -0.15) is 0 Å². The van der Waals surface area contributed by atoms with Crippen LogP contribution in [0.15, 0.2) is 0 Å². The van der Waals surface area contributed by atoms with Gasteiger partial charge in [0.1, 0.15) is 0 Å². The molecule has 2 nitrogen and oxygen atoms in total. The molecule has 2 aliphatic carbocycles. The zero-order chi connectivity index (χ0) is 13.3. The van der Waals surface area contributed by atoms with Gasteiger partial charge in [-0.15, -0.1) is 0 Å². The molecule has 3 rings (SSSR count). The van der Waals surface area contributed by atoms with Crippen LogP contribution in [-0.2, 0) is 9.47 Å². The monoisotopic (exact) mass is 266 g/mol. The maximum atomic E-state index is 5.86. The van der Waals surface area contributed by atoms with Crippen molar-refractivity contribution in [3.05, 3.63) is 0 Å². The lowest BCUT2D eigenvalue weighted by molar-refractivity contribution is -0.192. The second kappa shape index (κ2) is 5.73. The maximum absolute atomic E-state index is 5.86. The van der Waals surface area contributed by atoms with Crippen LogP contribution in [0.4, 0.5) is 0 Å². The van der Waals surface area contributed by atoms with Crippen molar-refractivity contribution in [2.45, 2.75) is 64.9 Å². The van der Waals surface area contributed by atoms with Crippen LogP contribution in [0.25, 0.3) is 0 Å². The maximum Gasteiger partial charge on any atom is 0.0881 e. The van der Waals surface area contributed by atoms with E-state index in [0.29, 0.717) is 11.5 Å². The molecule has 0 aromatic rings. The molecule has 0 bridgehead atoms. The molecule has 110 valence electrons. The number of hydrogen-bond acceptors (Lipinski definition) is 2. The van der Waals surface area contributed by atoms with Gasteiger partial charge in [-0.1, -0.05) is 39.5 Å². The van der Waals surface area contributed by atoms with Crippen LogP contribution in [0.3, 0.4) is 0 Å². The summed E-state index contributed by atoms with van der Waals surface area (Å²) < 4.78 is 11.4. The molecule has 2 heteroatoms. The van der Waals surface area contributed by atoms with Crippen molar-refractivity contribution in [3.8, 4) is 0 Å². The summed E-state index contributed by atoms with van der Waals surface area (Å²) in [5.41, 5.74) is 0.335. The van der Waals surface area contributed by atoms with E-state index < -0.39 is 0 Å². The first kappa shape index (κ1) is 13.9. The highest BCUT2D eigenvalue weighted by Gasteiger charge is 2.40. The molecule has 2 saturated carbocycles. The summed E-state index contributed by atoms with van der Waals surface area (Å²) in [4.78, 5) is 0. The molecule has 3 unspecified atom stereocenters. The van der Waals surface area contributed by atoms with Gasteiger partial charge in [0.15, 0.2) is 0 Å². The van der Waals surface area contributed by atoms with Crippen molar-refractivity contribution in [2.75, 3.05) is 19.8 Å². The number of hydrogen-bond donors (Lipinski definition) is 0. The highest BCUT2D eigenvalue weighted by atomic mass is 16.5. The third kappa shape index (κ3) is 3.16. The fourth-order valence-electron chi connectivity index (χ4n) is 4.31. The van der Waals surface area contributed by atoms with Crippen LogP contribution in [0.2, 0.25) is 0 Å². The molecular weight excluding hydrogens is 236 g/mol. The Balaban J connectivity index is 1.30. The van der Waals surface area contributed by atoms with E-state index in [0.717, 1.165) is 37.6 Å². The van der Waals surface area contributed by atoms with Crippen LogP contribution in [0.5, 0.6) is 0 Å². The largest absolute Gasteiger partial charge is 0.379 e. The Bertz CT molecular complexity index is 300. The third-order valence-corrected chi connectivity index (χ3v) is 5.87. The molecule has 0 aromatic carbocycles. The first-order valence-corrected chi connectivity index (χ1v) is 8.34. The SMILES string of the molecule is CC1(C)COC1COCCC1CC[C@H]2CCCC2C1. The van der Waals surface area contributed by atoms with Gasteiger partial charge in [0.2, 0.25) is 0 Å². The number of ether oxygens (including phenoxy) is 2. The Morgan fingerprint density at radius 3 is 2.68 bits per heavy atom. The Morgan fingerprint density at radius 2 is 1.95 bits per heavy atom. The second-order valence-electron chi connectivity index (χ2n) is 7.78. The van der Waals surface area contributed by atoms with Crippen LogP contribution in [-0.4, -0.2) is 25.9 Å². The number of fused-ring (bicyclic) bond motifs is 1. The van der Waals surface area contributed by atoms with E-state index in [1.807, 2.05) is 0 Å². The molecule has 3 fully saturated rings. The van der Waals surface area contributed by atoms with Crippen LogP contribution >= 0.6 is 0 Å². The molecule has 1 saturated heterocycles. The van der Waals surface area contributed by atoms with Crippen molar-refractivity contribution < 1.29 is 9.47 Å². The van der Waals surface area contributed by atoms with E-state index in [9.17, 15) is 0 Å². The Morgan fingerprint density at radius 1 is 1.11 bits per heavy atom. The minimum absolute atomic E-state index is 0.332. The zero-order valence-electron chi connectivity index (χ0n) is 12.7. The van der Waals surface area contributed by atoms with Gasteiger partial charge in [0.25, 0.3) is 0 Å². The predicted molar refractivity (Wildman–Crippen MR) is 77.1 cm³/mol. The molecule has 0 aromatic heterocycles. The van der Waals surface area contributed by atoms with Gasteiger partial charge in [0.05, 0.1) is 19.3 Å². The molecule has 0 radical (unpaired) electrons. The van der Waals surface area contributed by atoms with Gasteiger partial charge in [0, 0.05) is 12.0 Å². The smallest absolute Gasteiger partial charge is 0.0881 e. The normalized spacial score (nSPS) is 40.7. The molecule has 3 aliphatic rings. The quantitative estimate of drug-likeness (QED) is 0.699. The van der Waals surface area contributed by atoms with Crippen LogP contribution < -0.4 is 0 Å². The van der Waals surface area contributed by atoms with Crippen molar-refractivity contribution in [1.29, 1.82) is 0 Å². The summed E-state index contributed by atoms with van der Waals surface area (Å²) >= 11 is 0. The predicted octanol–water partition coefficient (Wildman–Crippen LogP) is 4.03. The van der Waals surface area contributed by atoms with Crippen molar-refractivity contribution >= 4 is 0 Å². The Labute approximate surface area is 118 Å². The Kier molecular flexibility index (Phi) is 4.19. The van der Waals surface area contributed by atoms with Gasteiger partial charge < -0.3 is 9.47 Å². The van der Waals surface area contributed by atoms with E-state index in [4.69, 9.17) is 9.47 Å². The lowest BCUT2D eigenvalue weighted by Crippen LogP contribution is -2.50. The van der Waals surface area contributed by atoms with E-state index in [2.05, 4.69) is 13.8 Å². The third-order valence-electron chi connectivity index (χ3n) is 5.87.